The van der Waals surface area contributed by atoms with Crippen LogP contribution in [0.5, 0.6) is 0 Å². The van der Waals surface area contributed by atoms with Gasteiger partial charge in [-0.2, -0.15) is 0 Å². The number of nitrogens with two attached hydrogens (primary N) is 2. The smallest absolute Gasteiger partial charge is 0.216 e. The summed E-state index contributed by atoms with van der Waals surface area (Å²) in [6, 6.07) is 33.6. The fraction of sp³-hybridized carbons (Fsp3) is 0.310. The Labute approximate surface area is 204 Å². The summed E-state index contributed by atoms with van der Waals surface area (Å²) < 4.78 is 0. The molecule has 1 saturated carbocycles. The molecule has 5 heteroatoms. The van der Waals surface area contributed by atoms with E-state index in [1.54, 1.807) is 6.92 Å². The zero-order chi connectivity index (χ0) is 23.8. The maximum absolute atomic E-state index is 5.88. The first-order chi connectivity index (χ1) is 16.6. The molecule has 0 atom stereocenters. The van der Waals surface area contributed by atoms with Gasteiger partial charge in [-0.15, -0.1) is 0 Å². The number of guanidine groups is 1. The summed E-state index contributed by atoms with van der Waals surface area (Å²) in [6.07, 6.45) is 6.04. The lowest BCUT2D eigenvalue weighted by Gasteiger charge is -2.34. The van der Waals surface area contributed by atoms with Gasteiger partial charge in [0.1, 0.15) is 23.2 Å². The molecule has 4 nitrogen and oxygen atoms in total. The molecule has 4 N–H and O–H groups in total. The van der Waals surface area contributed by atoms with Crippen molar-refractivity contribution in [2.75, 3.05) is 12.7 Å². The van der Waals surface area contributed by atoms with E-state index < -0.39 is 7.26 Å². The molecule has 0 unspecified atom stereocenters. The quantitative estimate of drug-likeness (QED) is 0.303. The molecule has 1 fully saturated rings. The number of benzene rings is 3. The number of nitrogens with zero attached hydrogens (tertiary/aromatic N) is 2. The Hall–Kier alpha value is -2.97. The minimum absolute atomic E-state index is 0.296. The molecule has 3 aromatic carbocycles. The SMILES string of the molecule is CC(N)=NC(N)=NCC1CCC(C[P+](c2ccccc2)(c2ccccc2)c2ccccc2)CC1. The van der Waals surface area contributed by atoms with Crippen LogP contribution in [0.4, 0.5) is 0 Å². The van der Waals surface area contributed by atoms with Gasteiger partial charge in [-0.25, -0.2) is 4.99 Å². The Bertz CT molecular complexity index is 988. The van der Waals surface area contributed by atoms with Crippen molar-refractivity contribution in [3.8, 4) is 0 Å². The number of aliphatic imine (C=N–C) groups is 2. The van der Waals surface area contributed by atoms with Gasteiger partial charge in [-0.1, -0.05) is 54.6 Å². The first-order valence-electron chi connectivity index (χ1n) is 12.2. The van der Waals surface area contributed by atoms with Crippen LogP contribution in [0.2, 0.25) is 0 Å². The summed E-state index contributed by atoms with van der Waals surface area (Å²) in [5.41, 5.74) is 11.5. The highest BCUT2D eigenvalue weighted by molar-refractivity contribution is 7.95. The third-order valence-corrected chi connectivity index (χ3v) is 11.5. The van der Waals surface area contributed by atoms with E-state index in [1.807, 2.05) is 0 Å². The highest BCUT2D eigenvalue weighted by atomic mass is 31.2. The molecule has 0 aromatic heterocycles. The second kappa shape index (κ2) is 11.4. The predicted molar refractivity (Wildman–Crippen MR) is 149 cm³/mol. The molecule has 3 aromatic rings. The number of amidine groups is 1. The fourth-order valence-electron chi connectivity index (χ4n) is 5.23. The van der Waals surface area contributed by atoms with Gasteiger partial charge in [0.25, 0.3) is 0 Å². The molecular formula is C29H36N4P+. The molecule has 4 rings (SSSR count). The van der Waals surface area contributed by atoms with Crippen molar-refractivity contribution in [1.29, 1.82) is 0 Å². The first-order valence-corrected chi connectivity index (χ1v) is 14.2. The number of rotatable bonds is 7. The third-order valence-electron chi connectivity index (χ3n) is 6.89. The van der Waals surface area contributed by atoms with Crippen LogP contribution in [-0.2, 0) is 0 Å². The first kappa shape index (κ1) is 24.2. The zero-order valence-electron chi connectivity index (χ0n) is 20.1. The Kier molecular flexibility index (Phi) is 8.13. The van der Waals surface area contributed by atoms with E-state index in [4.69, 9.17) is 11.5 Å². The second-order valence-corrected chi connectivity index (χ2v) is 12.9. The van der Waals surface area contributed by atoms with E-state index in [-0.39, 0.29) is 0 Å². The van der Waals surface area contributed by atoms with E-state index in [9.17, 15) is 0 Å². The van der Waals surface area contributed by atoms with Gasteiger partial charge in [-0.05, 0) is 80.8 Å². The minimum atomic E-state index is -1.77. The van der Waals surface area contributed by atoms with Gasteiger partial charge < -0.3 is 11.5 Å². The highest BCUT2D eigenvalue weighted by Crippen LogP contribution is 2.58. The van der Waals surface area contributed by atoms with Gasteiger partial charge in [0.05, 0.1) is 12.0 Å². The van der Waals surface area contributed by atoms with E-state index in [0.717, 1.165) is 6.54 Å². The van der Waals surface area contributed by atoms with Crippen LogP contribution >= 0.6 is 7.26 Å². The van der Waals surface area contributed by atoms with Gasteiger partial charge >= 0.3 is 0 Å². The summed E-state index contributed by atoms with van der Waals surface area (Å²) in [5.74, 6) is 2.01. The van der Waals surface area contributed by atoms with Gasteiger partial charge in [0.15, 0.2) is 0 Å². The summed E-state index contributed by atoms with van der Waals surface area (Å²) in [4.78, 5) is 8.52. The van der Waals surface area contributed by atoms with E-state index in [0.29, 0.717) is 23.6 Å². The van der Waals surface area contributed by atoms with Crippen molar-refractivity contribution in [3.63, 3.8) is 0 Å². The van der Waals surface area contributed by atoms with Gasteiger partial charge in [0.2, 0.25) is 5.96 Å². The second-order valence-electron chi connectivity index (χ2n) is 9.34. The van der Waals surface area contributed by atoms with Crippen molar-refractivity contribution in [2.24, 2.45) is 33.3 Å². The van der Waals surface area contributed by atoms with Gasteiger partial charge in [-0.3, -0.25) is 4.99 Å². The summed E-state index contributed by atoms with van der Waals surface area (Å²) in [5, 5.41) is 4.42. The minimum Gasteiger partial charge on any atom is -0.387 e. The Morgan fingerprint density at radius 1 is 0.706 bits per heavy atom. The third kappa shape index (κ3) is 5.74. The summed E-state index contributed by atoms with van der Waals surface area (Å²) >= 11 is 0. The lowest BCUT2D eigenvalue weighted by atomic mass is 9.83. The Morgan fingerprint density at radius 2 is 1.12 bits per heavy atom. The predicted octanol–water partition coefficient (Wildman–Crippen LogP) is 4.48. The maximum Gasteiger partial charge on any atom is 0.216 e. The summed E-state index contributed by atoms with van der Waals surface area (Å²) in [6.45, 7) is 2.47. The molecule has 0 saturated heterocycles. The molecule has 0 spiro atoms. The molecule has 34 heavy (non-hydrogen) atoms. The van der Waals surface area contributed by atoms with E-state index >= 15 is 0 Å². The Morgan fingerprint density at radius 3 is 1.53 bits per heavy atom. The van der Waals surface area contributed by atoms with Crippen LogP contribution < -0.4 is 27.4 Å². The lowest BCUT2D eigenvalue weighted by Crippen LogP contribution is -2.36. The van der Waals surface area contributed by atoms with Crippen molar-refractivity contribution in [1.82, 2.24) is 0 Å². The van der Waals surface area contributed by atoms with Crippen molar-refractivity contribution in [2.45, 2.75) is 32.6 Å². The van der Waals surface area contributed by atoms with Crippen LogP contribution in [0.1, 0.15) is 32.6 Å². The average molecular weight is 472 g/mol. The molecule has 0 radical (unpaired) electrons. The summed E-state index contributed by atoms with van der Waals surface area (Å²) in [7, 11) is -1.77. The monoisotopic (exact) mass is 471 g/mol. The molecule has 0 bridgehead atoms. The van der Waals surface area contributed by atoms with Crippen LogP contribution in [0.15, 0.2) is 101 Å². The van der Waals surface area contributed by atoms with Crippen molar-refractivity contribution < 1.29 is 0 Å². The van der Waals surface area contributed by atoms with Crippen molar-refractivity contribution >= 4 is 35.0 Å². The maximum atomic E-state index is 5.88. The number of hydrogen-bond donors (Lipinski definition) is 2. The topological polar surface area (TPSA) is 76.8 Å². The standard InChI is InChI=1S/C29H36N4P/c1-23(30)33-29(31)32-21-24-17-19-25(20-18-24)22-34(26-11-5-2-6-12-26,27-13-7-3-8-14-27)28-15-9-4-10-16-28/h2-16,24-25H,17-22H2,1H3,(H4,30,31,32,33)/q+1. The Balaban J connectivity index is 1.60. The van der Waals surface area contributed by atoms with E-state index in [1.165, 1.54) is 47.8 Å². The van der Waals surface area contributed by atoms with Crippen LogP contribution in [-0.4, -0.2) is 24.5 Å². The zero-order valence-corrected chi connectivity index (χ0v) is 20.9. The van der Waals surface area contributed by atoms with Crippen LogP contribution in [0.25, 0.3) is 0 Å². The number of hydrogen-bond acceptors (Lipinski definition) is 1. The highest BCUT2D eigenvalue weighted by Gasteiger charge is 2.47. The largest absolute Gasteiger partial charge is 0.387 e. The molecular weight excluding hydrogens is 435 g/mol. The van der Waals surface area contributed by atoms with Crippen LogP contribution in [0.3, 0.4) is 0 Å². The van der Waals surface area contributed by atoms with Crippen molar-refractivity contribution in [3.05, 3.63) is 91.0 Å². The molecule has 0 aliphatic heterocycles. The molecule has 0 heterocycles. The molecule has 0 amide bonds. The fourth-order valence-corrected chi connectivity index (χ4v) is 9.94. The van der Waals surface area contributed by atoms with E-state index in [2.05, 4.69) is 101 Å². The lowest BCUT2D eigenvalue weighted by molar-refractivity contribution is 0.299. The van der Waals surface area contributed by atoms with Crippen LogP contribution in [0, 0.1) is 11.8 Å². The molecule has 1 aliphatic carbocycles. The molecule has 1 aliphatic rings. The normalized spacial score (nSPS) is 19.7. The van der Waals surface area contributed by atoms with Gasteiger partial charge in [0, 0.05) is 6.54 Å². The average Bonchev–Trinajstić information content (AvgIpc) is 2.88. The molecule has 176 valence electrons.